The van der Waals surface area contributed by atoms with Crippen molar-refractivity contribution in [1.82, 2.24) is 9.97 Å². The summed E-state index contributed by atoms with van der Waals surface area (Å²) in [5.41, 5.74) is 1.90. The molecule has 0 amide bonds. The fourth-order valence-corrected chi connectivity index (χ4v) is 2.49. The first-order chi connectivity index (χ1) is 7.61. The zero-order chi connectivity index (χ0) is 11.7. The summed E-state index contributed by atoms with van der Waals surface area (Å²) in [6.45, 7) is 6.04. The largest absolute Gasteiger partial charge is 0.232 e. The highest BCUT2D eigenvalue weighted by Gasteiger charge is 2.09. The van der Waals surface area contributed by atoms with Crippen LogP contribution in [0.4, 0.5) is 0 Å². The maximum atomic E-state index is 6.06. The van der Waals surface area contributed by atoms with Crippen molar-refractivity contribution in [3.05, 3.63) is 33.4 Å². The molecule has 2 nitrogen and oxygen atoms in total. The number of nitrogens with zero attached hydrogens (tertiary/aromatic N) is 2. The van der Waals surface area contributed by atoms with Gasteiger partial charge in [-0.3, -0.25) is 0 Å². The van der Waals surface area contributed by atoms with E-state index in [0.29, 0.717) is 5.15 Å². The minimum Gasteiger partial charge on any atom is -0.232 e. The average Bonchev–Trinajstić information content (AvgIpc) is 2.73. The molecule has 2 aromatic heterocycles. The van der Waals surface area contributed by atoms with Gasteiger partial charge in [0.25, 0.3) is 0 Å². The van der Waals surface area contributed by atoms with E-state index in [1.807, 2.05) is 13.8 Å². The van der Waals surface area contributed by atoms with E-state index in [1.165, 1.54) is 4.88 Å². The van der Waals surface area contributed by atoms with Crippen molar-refractivity contribution < 1.29 is 0 Å². The lowest BCUT2D eigenvalue weighted by molar-refractivity contribution is 1.08. The Morgan fingerprint density at radius 1 is 1.25 bits per heavy atom. The number of hydrogen-bond donors (Lipinski definition) is 0. The minimum atomic E-state index is 0.550. The summed E-state index contributed by atoms with van der Waals surface area (Å²) >= 11 is 7.79. The predicted molar refractivity (Wildman–Crippen MR) is 69.2 cm³/mol. The molecule has 16 heavy (non-hydrogen) atoms. The van der Waals surface area contributed by atoms with E-state index in [0.717, 1.165) is 28.4 Å². The van der Waals surface area contributed by atoms with Crippen LogP contribution in [0.2, 0.25) is 5.15 Å². The Morgan fingerprint density at radius 2 is 2.00 bits per heavy atom. The van der Waals surface area contributed by atoms with Crippen LogP contribution in [0.25, 0.3) is 10.7 Å². The molecule has 2 rings (SSSR count). The van der Waals surface area contributed by atoms with Crippen LogP contribution in [0.15, 0.2) is 12.1 Å². The molecule has 0 atom stereocenters. The lowest BCUT2D eigenvalue weighted by Gasteiger charge is -2.03. The molecule has 84 valence electrons. The molecule has 2 aromatic rings. The predicted octanol–water partition coefficient (Wildman–Crippen LogP) is 4.04. The molecule has 0 aliphatic heterocycles. The molecule has 2 heterocycles. The number of halogens is 1. The summed E-state index contributed by atoms with van der Waals surface area (Å²) in [7, 11) is 0. The molecule has 0 fully saturated rings. The first-order valence-corrected chi connectivity index (χ1v) is 6.41. The highest BCUT2D eigenvalue weighted by Crippen LogP contribution is 2.28. The van der Waals surface area contributed by atoms with Gasteiger partial charge in [0.15, 0.2) is 5.82 Å². The smallest absolute Gasteiger partial charge is 0.171 e. The Labute approximate surface area is 104 Å². The summed E-state index contributed by atoms with van der Waals surface area (Å²) in [6.07, 6.45) is 1.04. The van der Waals surface area contributed by atoms with Crippen LogP contribution >= 0.6 is 22.9 Å². The molecule has 0 N–H and O–H groups in total. The first-order valence-electron chi connectivity index (χ1n) is 5.21. The topological polar surface area (TPSA) is 25.8 Å². The maximum absolute atomic E-state index is 6.06. The van der Waals surface area contributed by atoms with Gasteiger partial charge in [0, 0.05) is 16.1 Å². The first kappa shape index (κ1) is 11.6. The Bertz CT molecular complexity index is 496. The summed E-state index contributed by atoms with van der Waals surface area (Å²) < 4.78 is 0. The molecule has 0 aliphatic carbocycles. The summed E-state index contributed by atoms with van der Waals surface area (Å²) in [4.78, 5) is 11.2. The Morgan fingerprint density at radius 3 is 2.56 bits per heavy atom. The maximum Gasteiger partial charge on any atom is 0.171 e. The van der Waals surface area contributed by atoms with Crippen molar-refractivity contribution in [3.63, 3.8) is 0 Å². The van der Waals surface area contributed by atoms with Gasteiger partial charge in [-0.15, -0.1) is 11.3 Å². The molecule has 4 heteroatoms. The quantitative estimate of drug-likeness (QED) is 0.754. The van der Waals surface area contributed by atoms with Crippen LogP contribution in [0.5, 0.6) is 0 Å². The van der Waals surface area contributed by atoms with Crippen LogP contribution in [0.1, 0.15) is 23.1 Å². The Balaban J connectivity index is 2.48. The third-order valence-electron chi connectivity index (χ3n) is 2.56. The number of aryl methyl sites for hydroxylation is 2. The average molecular weight is 253 g/mol. The van der Waals surface area contributed by atoms with Crippen LogP contribution in [0, 0.1) is 13.8 Å². The molecule has 0 unspecified atom stereocenters. The third kappa shape index (κ3) is 2.11. The molecule has 0 aliphatic rings. The van der Waals surface area contributed by atoms with Crippen molar-refractivity contribution in [3.8, 4) is 10.7 Å². The van der Waals surface area contributed by atoms with Gasteiger partial charge in [-0.1, -0.05) is 18.5 Å². The monoisotopic (exact) mass is 252 g/mol. The molecular weight excluding hydrogens is 240 g/mol. The molecule has 0 spiro atoms. The van der Waals surface area contributed by atoms with Gasteiger partial charge >= 0.3 is 0 Å². The van der Waals surface area contributed by atoms with Crippen molar-refractivity contribution >= 4 is 22.9 Å². The van der Waals surface area contributed by atoms with Gasteiger partial charge in [-0.2, -0.15) is 0 Å². The lowest BCUT2D eigenvalue weighted by Crippen LogP contribution is -1.95. The van der Waals surface area contributed by atoms with E-state index in [-0.39, 0.29) is 0 Å². The van der Waals surface area contributed by atoms with E-state index in [4.69, 9.17) is 11.6 Å². The van der Waals surface area contributed by atoms with Crippen LogP contribution in [-0.4, -0.2) is 9.97 Å². The van der Waals surface area contributed by atoms with Crippen LogP contribution in [0.3, 0.4) is 0 Å². The van der Waals surface area contributed by atoms with E-state index in [1.54, 1.807) is 11.3 Å². The van der Waals surface area contributed by atoms with E-state index in [9.17, 15) is 0 Å². The zero-order valence-corrected chi connectivity index (χ0v) is 11.1. The molecule has 0 saturated heterocycles. The van der Waals surface area contributed by atoms with Crippen molar-refractivity contribution in [2.45, 2.75) is 27.2 Å². The molecule has 0 aromatic carbocycles. The fourth-order valence-electron chi connectivity index (χ4n) is 1.39. The number of aromatic nitrogens is 2. The number of rotatable bonds is 2. The summed E-state index contributed by atoms with van der Waals surface area (Å²) in [5.74, 6) is 0.734. The zero-order valence-electron chi connectivity index (χ0n) is 9.54. The van der Waals surface area contributed by atoms with Gasteiger partial charge in [0.2, 0.25) is 0 Å². The second-order valence-corrected chi connectivity index (χ2v) is 5.19. The molecule has 0 saturated carbocycles. The van der Waals surface area contributed by atoms with E-state index >= 15 is 0 Å². The molecular formula is C12H13ClN2S. The number of hydrogen-bond acceptors (Lipinski definition) is 3. The van der Waals surface area contributed by atoms with E-state index in [2.05, 4.69) is 29.0 Å². The second kappa shape index (κ2) is 4.52. The van der Waals surface area contributed by atoms with Gasteiger partial charge in [0.1, 0.15) is 5.15 Å². The second-order valence-electron chi connectivity index (χ2n) is 3.67. The van der Waals surface area contributed by atoms with Crippen molar-refractivity contribution in [1.29, 1.82) is 0 Å². The minimum absolute atomic E-state index is 0.550. The van der Waals surface area contributed by atoms with E-state index < -0.39 is 0 Å². The fraction of sp³-hybridized carbons (Fsp3) is 0.333. The highest BCUT2D eigenvalue weighted by molar-refractivity contribution is 7.15. The Hall–Kier alpha value is -0.930. The van der Waals surface area contributed by atoms with Crippen molar-refractivity contribution in [2.24, 2.45) is 0 Å². The summed E-state index contributed by atoms with van der Waals surface area (Å²) in [6, 6.07) is 4.18. The lowest BCUT2D eigenvalue weighted by atomic mass is 10.2. The SMILES string of the molecule is CCc1ccc(-c2nc(C)c(C)c(Cl)n2)s1. The van der Waals surface area contributed by atoms with Gasteiger partial charge in [0.05, 0.1) is 4.88 Å². The standard InChI is InChI=1S/C12H13ClN2S/c1-4-9-5-6-10(16-9)12-14-8(3)7(2)11(13)15-12/h5-6H,4H2,1-3H3. The van der Waals surface area contributed by atoms with Crippen LogP contribution < -0.4 is 0 Å². The third-order valence-corrected chi connectivity index (χ3v) is 4.15. The summed E-state index contributed by atoms with van der Waals surface area (Å²) in [5, 5.41) is 0.550. The van der Waals surface area contributed by atoms with Crippen molar-refractivity contribution in [2.75, 3.05) is 0 Å². The molecule has 0 radical (unpaired) electrons. The van der Waals surface area contributed by atoms with Gasteiger partial charge < -0.3 is 0 Å². The Kier molecular flexibility index (Phi) is 3.26. The van der Waals surface area contributed by atoms with Gasteiger partial charge in [-0.25, -0.2) is 9.97 Å². The van der Waals surface area contributed by atoms with Gasteiger partial charge in [-0.05, 0) is 32.4 Å². The normalized spacial score (nSPS) is 10.8. The molecule has 0 bridgehead atoms. The van der Waals surface area contributed by atoms with Crippen LogP contribution in [-0.2, 0) is 6.42 Å². The highest BCUT2D eigenvalue weighted by atomic mass is 35.5. The number of thiophene rings is 1.